The Bertz CT molecular complexity index is 516. The molecule has 80 valence electrons. The minimum absolute atomic E-state index is 0.171. The van der Waals surface area contributed by atoms with Crippen LogP contribution in [0.3, 0.4) is 0 Å². The number of imidazole rings is 1. The van der Waals surface area contributed by atoms with Crippen LogP contribution in [0.2, 0.25) is 5.28 Å². The van der Waals surface area contributed by atoms with E-state index < -0.39 is 11.7 Å². The summed E-state index contributed by atoms with van der Waals surface area (Å²) in [4.78, 5) is 3.90. The van der Waals surface area contributed by atoms with Crippen molar-refractivity contribution in [2.75, 3.05) is 0 Å². The summed E-state index contributed by atoms with van der Waals surface area (Å²) in [5, 5.41) is 0.171. The van der Waals surface area contributed by atoms with Crippen LogP contribution in [0.5, 0.6) is 0 Å². The highest BCUT2D eigenvalue weighted by atomic mass is 35.5. The summed E-state index contributed by atoms with van der Waals surface area (Å²) >= 11 is 5.69. The highest BCUT2D eigenvalue weighted by Crippen LogP contribution is 2.31. The molecule has 0 N–H and O–H groups in total. The van der Waals surface area contributed by atoms with E-state index in [-0.39, 0.29) is 5.28 Å². The third-order valence-corrected chi connectivity index (χ3v) is 2.49. The first-order valence-electron chi connectivity index (χ1n) is 4.09. The van der Waals surface area contributed by atoms with Gasteiger partial charge in [-0.1, -0.05) is 0 Å². The van der Waals surface area contributed by atoms with Crippen LogP contribution in [-0.4, -0.2) is 9.55 Å². The predicted molar refractivity (Wildman–Crippen MR) is 50.7 cm³/mol. The number of halogens is 4. The molecule has 0 saturated carbocycles. The molecule has 0 amide bonds. The van der Waals surface area contributed by atoms with Gasteiger partial charge in [-0.3, -0.25) is 0 Å². The number of aromatic nitrogens is 2. The van der Waals surface area contributed by atoms with Crippen LogP contribution in [0, 0.1) is 0 Å². The molecule has 0 aliphatic heterocycles. The van der Waals surface area contributed by atoms with Crippen LogP contribution in [0.25, 0.3) is 11.0 Å². The number of benzene rings is 1. The molecule has 0 atom stereocenters. The van der Waals surface area contributed by atoms with Crippen molar-refractivity contribution < 1.29 is 13.2 Å². The van der Waals surface area contributed by atoms with Crippen molar-refractivity contribution in [2.24, 2.45) is 7.05 Å². The zero-order chi connectivity index (χ0) is 11.2. The normalized spacial score (nSPS) is 12.3. The summed E-state index contributed by atoms with van der Waals surface area (Å²) in [5.74, 6) is 0. The van der Waals surface area contributed by atoms with Gasteiger partial charge >= 0.3 is 6.18 Å². The van der Waals surface area contributed by atoms with Crippen LogP contribution in [0.4, 0.5) is 13.2 Å². The quantitative estimate of drug-likeness (QED) is 0.684. The van der Waals surface area contributed by atoms with Crippen LogP contribution in [-0.2, 0) is 13.2 Å². The molecule has 0 saturated heterocycles. The summed E-state index contributed by atoms with van der Waals surface area (Å²) in [6, 6.07) is 3.34. The monoisotopic (exact) mass is 234 g/mol. The van der Waals surface area contributed by atoms with Crippen molar-refractivity contribution >= 4 is 22.6 Å². The summed E-state index contributed by atoms with van der Waals surface area (Å²) < 4.78 is 38.6. The Kier molecular flexibility index (Phi) is 2.15. The van der Waals surface area contributed by atoms with Crippen molar-refractivity contribution in [1.29, 1.82) is 0 Å². The molecule has 0 bridgehead atoms. The molecule has 1 heterocycles. The van der Waals surface area contributed by atoms with E-state index in [2.05, 4.69) is 4.98 Å². The Morgan fingerprint density at radius 2 is 2.00 bits per heavy atom. The molecule has 6 heteroatoms. The lowest BCUT2D eigenvalue weighted by Crippen LogP contribution is -2.04. The Morgan fingerprint density at radius 3 is 2.60 bits per heavy atom. The Labute approximate surface area is 88.3 Å². The number of fused-ring (bicyclic) bond motifs is 1. The first kappa shape index (κ1) is 10.3. The molecule has 0 fully saturated rings. The van der Waals surface area contributed by atoms with Crippen molar-refractivity contribution in [3.63, 3.8) is 0 Å². The van der Waals surface area contributed by atoms with Gasteiger partial charge in [0, 0.05) is 7.05 Å². The maximum atomic E-state index is 12.4. The minimum atomic E-state index is -4.34. The van der Waals surface area contributed by atoms with Gasteiger partial charge in [0.05, 0.1) is 16.6 Å². The van der Waals surface area contributed by atoms with Gasteiger partial charge in [0.2, 0.25) is 5.28 Å². The van der Waals surface area contributed by atoms with Gasteiger partial charge in [-0.2, -0.15) is 13.2 Å². The summed E-state index contributed by atoms with van der Waals surface area (Å²) in [6.45, 7) is 0. The number of hydrogen-bond donors (Lipinski definition) is 0. The van der Waals surface area contributed by atoms with Crippen LogP contribution in [0.15, 0.2) is 18.2 Å². The fourth-order valence-electron chi connectivity index (χ4n) is 1.34. The highest BCUT2D eigenvalue weighted by Gasteiger charge is 2.30. The summed E-state index contributed by atoms with van der Waals surface area (Å²) in [7, 11) is 1.57. The van der Waals surface area contributed by atoms with Crippen molar-refractivity contribution in [2.45, 2.75) is 6.18 Å². The number of rotatable bonds is 0. The highest BCUT2D eigenvalue weighted by molar-refractivity contribution is 6.29. The van der Waals surface area contributed by atoms with E-state index in [4.69, 9.17) is 11.6 Å². The van der Waals surface area contributed by atoms with E-state index in [0.717, 1.165) is 12.1 Å². The molecule has 2 aromatic rings. The van der Waals surface area contributed by atoms with E-state index >= 15 is 0 Å². The van der Waals surface area contributed by atoms with Gasteiger partial charge in [-0.05, 0) is 29.8 Å². The lowest BCUT2D eigenvalue weighted by atomic mass is 10.2. The third-order valence-electron chi connectivity index (χ3n) is 2.15. The molecule has 2 nitrogen and oxygen atoms in total. The molecule has 0 spiro atoms. The van der Waals surface area contributed by atoms with E-state index in [1.165, 1.54) is 10.6 Å². The zero-order valence-corrected chi connectivity index (χ0v) is 8.39. The number of alkyl halides is 3. The number of hydrogen-bond acceptors (Lipinski definition) is 1. The molecule has 0 aliphatic rings. The van der Waals surface area contributed by atoms with Gasteiger partial charge in [-0.25, -0.2) is 4.98 Å². The van der Waals surface area contributed by atoms with Gasteiger partial charge in [-0.15, -0.1) is 0 Å². The molecule has 2 rings (SSSR count). The smallest absolute Gasteiger partial charge is 0.318 e. The Hall–Kier alpha value is -1.23. The lowest BCUT2D eigenvalue weighted by molar-refractivity contribution is -0.137. The van der Waals surface area contributed by atoms with Crippen LogP contribution < -0.4 is 0 Å². The fraction of sp³-hybridized carbons (Fsp3) is 0.222. The Morgan fingerprint density at radius 1 is 1.33 bits per heavy atom. The fourth-order valence-corrected chi connectivity index (χ4v) is 1.52. The second-order valence-electron chi connectivity index (χ2n) is 3.14. The molecular weight excluding hydrogens is 229 g/mol. The number of nitrogens with zero attached hydrogens (tertiary/aromatic N) is 2. The topological polar surface area (TPSA) is 17.8 Å². The molecule has 0 unspecified atom stereocenters. The van der Waals surface area contributed by atoms with Crippen LogP contribution >= 0.6 is 11.6 Å². The second kappa shape index (κ2) is 3.13. The average molecular weight is 235 g/mol. The maximum absolute atomic E-state index is 12.4. The summed E-state index contributed by atoms with van der Waals surface area (Å²) in [6.07, 6.45) is -4.34. The van der Waals surface area contributed by atoms with E-state index in [0.29, 0.717) is 11.0 Å². The van der Waals surface area contributed by atoms with Gasteiger partial charge < -0.3 is 4.57 Å². The molecule has 0 radical (unpaired) electrons. The van der Waals surface area contributed by atoms with E-state index in [1.807, 2.05) is 0 Å². The SMILES string of the molecule is Cn1c(Cl)nc2ccc(C(F)(F)F)cc21. The molecule has 1 aromatic heterocycles. The Balaban J connectivity index is 2.70. The van der Waals surface area contributed by atoms with E-state index in [1.54, 1.807) is 7.05 Å². The zero-order valence-electron chi connectivity index (χ0n) is 7.64. The first-order chi connectivity index (χ1) is 6.89. The minimum Gasteiger partial charge on any atom is -0.318 e. The van der Waals surface area contributed by atoms with E-state index in [9.17, 15) is 13.2 Å². The molecule has 1 aromatic carbocycles. The van der Waals surface area contributed by atoms with Gasteiger partial charge in [0.1, 0.15) is 0 Å². The summed E-state index contributed by atoms with van der Waals surface area (Å²) in [5.41, 5.74) is 0.125. The molecular formula is C9H6ClF3N2. The first-order valence-corrected chi connectivity index (χ1v) is 4.46. The third kappa shape index (κ3) is 1.67. The molecule has 0 aliphatic carbocycles. The van der Waals surface area contributed by atoms with Crippen LogP contribution in [0.1, 0.15) is 5.56 Å². The van der Waals surface area contributed by atoms with Gasteiger partial charge in [0.25, 0.3) is 0 Å². The van der Waals surface area contributed by atoms with Crippen molar-refractivity contribution in [3.8, 4) is 0 Å². The number of aryl methyl sites for hydroxylation is 1. The second-order valence-corrected chi connectivity index (χ2v) is 3.48. The molecule has 15 heavy (non-hydrogen) atoms. The lowest BCUT2D eigenvalue weighted by Gasteiger charge is -2.06. The maximum Gasteiger partial charge on any atom is 0.416 e. The standard InChI is InChI=1S/C9H6ClF3N2/c1-15-7-4-5(9(11,12)13)2-3-6(7)14-8(15)10/h2-4H,1H3. The van der Waals surface area contributed by atoms with Gasteiger partial charge in [0.15, 0.2) is 0 Å². The predicted octanol–water partition coefficient (Wildman–Crippen LogP) is 3.25. The average Bonchev–Trinajstić information content (AvgIpc) is 2.41. The largest absolute Gasteiger partial charge is 0.416 e. The van der Waals surface area contributed by atoms with Crippen molar-refractivity contribution in [1.82, 2.24) is 9.55 Å². The van der Waals surface area contributed by atoms with Crippen molar-refractivity contribution in [3.05, 3.63) is 29.0 Å².